The van der Waals surface area contributed by atoms with Crippen LogP contribution in [-0.2, 0) is 17.1 Å². The van der Waals surface area contributed by atoms with Gasteiger partial charge in [0.25, 0.3) is 0 Å². The van der Waals surface area contributed by atoms with Crippen LogP contribution < -0.4 is 0 Å². The van der Waals surface area contributed by atoms with Crippen molar-refractivity contribution in [2.24, 2.45) is 0 Å². The van der Waals surface area contributed by atoms with Crippen LogP contribution in [0.25, 0.3) is 0 Å². The molecule has 0 aromatic carbocycles. The second-order valence-electron chi connectivity index (χ2n) is 8.74. The fourth-order valence-electron chi connectivity index (χ4n) is 4.78. The van der Waals surface area contributed by atoms with E-state index in [1.165, 1.54) is 38.5 Å². The van der Waals surface area contributed by atoms with Gasteiger partial charge < -0.3 is 12.8 Å². The summed E-state index contributed by atoms with van der Waals surface area (Å²) < 4.78 is 0. The Balaban J connectivity index is 0.000000443. The molecule has 0 bridgehead atoms. The molecule has 0 N–H and O–H groups in total. The van der Waals surface area contributed by atoms with Gasteiger partial charge in [0.1, 0.15) is 0 Å². The Hall–Kier alpha value is 1.38. The van der Waals surface area contributed by atoms with E-state index in [1.54, 1.807) is 0 Å². The van der Waals surface area contributed by atoms with E-state index in [1.807, 2.05) is 0 Å². The first-order valence-electron chi connectivity index (χ1n) is 10.5. The molecule has 2 aliphatic carbocycles. The molecule has 2 atom stereocenters. The second-order valence-corrected chi connectivity index (χ2v) is 16.0. The Labute approximate surface area is 173 Å². The molecule has 25 heavy (non-hydrogen) atoms. The van der Waals surface area contributed by atoms with Crippen molar-refractivity contribution in [3.8, 4) is 0 Å². The third-order valence-corrected chi connectivity index (χ3v) is 12.7. The Morgan fingerprint density at radius 1 is 0.600 bits per heavy atom. The predicted molar refractivity (Wildman–Crippen MR) is 118 cm³/mol. The van der Waals surface area contributed by atoms with Crippen molar-refractivity contribution in [3.05, 3.63) is 12.8 Å². The molecular formula is C22H44FeP2. The van der Waals surface area contributed by atoms with Gasteiger partial charge in [-0.05, 0) is 22.6 Å². The summed E-state index contributed by atoms with van der Waals surface area (Å²) in [5.74, 6) is 0. The van der Waals surface area contributed by atoms with Gasteiger partial charge in [0.15, 0.2) is 0 Å². The smallest absolute Gasteiger partial charge is 0.321 e. The summed E-state index contributed by atoms with van der Waals surface area (Å²) in [6.07, 6.45) is 13.8. The molecule has 0 heterocycles. The Morgan fingerprint density at radius 3 is 1.04 bits per heavy atom. The van der Waals surface area contributed by atoms with Crippen LogP contribution in [0, 0.1) is 12.8 Å². The summed E-state index contributed by atoms with van der Waals surface area (Å²) in [6, 6.07) is 0. The van der Waals surface area contributed by atoms with Gasteiger partial charge >= 0.3 is 17.1 Å². The molecule has 2 rings (SSSR count). The van der Waals surface area contributed by atoms with Gasteiger partial charge in [0, 0.05) is 0 Å². The van der Waals surface area contributed by atoms with Gasteiger partial charge in [0.05, 0.1) is 0 Å². The molecule has 2 unspecified atom stereocenters. The van der Waals surface area contributed by atoms with E-state index in [-0.39, 0.29) is 32.9 Å². The normalized spacial score (nSPS) is 23.8. The molecule has 2 fully saturated rings. The molecule has 2 aliphatic rings. The van der Waals surface area contributed by atoms with Crippen molar-refractivity contribution >= 4 is 15.8 Å². The molecule has 0 radical (unpaired) electrons. The van der Waals surface area contributed by atoms with Gasteiger partial charge in [-0.3, -0.25) is 0 Å². The maximum Gasteiger partial charge on any atom is 2.00 e. The molecule has 0 spiro atoms. The summed E-state index contributed by atoms with van der Waals surface area (Å²) in [5.41, 5.74) is 5.64. The third kappa shape index (κ3) is 8.95. The van der Waals surface area contributed by atoms with E-state index in [9.17, 15) is 0 Å². The first-order valence-corrected chi connectivity index (χ1v) is 13.6. The number of hydrogen-bond acceptors (Lipinski definition) is 0. The third-order valence-electron chi connectivity index (χ3n) is 5.44. The van der Waals surface area contributed by atoms with E-state index in [4.69, 9.17) is 0 Å². The largest absolute Gasteiger partial charge is 2.00 e. The van der Waals surface area contributed by atoms with E-state index >= 15 is 0 Å². The first kappa shape index (κ1) is 26.4. The fraction of sp³-hybridized carbons (Fsp3) is 0.909. The van der Waals surface area contributed by atoms with Crippen molar-refractivity contribution in [1.29, 1.82) is 0 Å². The molecule has 0 saturated heterocycles. The number of rotatable bonds is 6. The van der Waals surface area contributed by atoms with E-state index in [0.29, 0.717) is 0 Å². The molecule has 150 valence electrons. The van der Waals surface area contributed by atoms with Gasteiger partial charge in [0.2, 0.25) is 0 Å². The van der Waals surface area contributed by atoms with Crippen LogP contribution >= 0.6 is 15.8 Å². The molecule has 3 heteroatoms. The summed E-state index contributed by atoms with van der Waals surface area (Å²) in [5, 5.41) is 0. The van der Waals surface area contributed by atoms with Gasteiger partial charge in [-0.2, -0.15) is 12.8 Å². The SMILES string of the molecule is CC(C)P(C(C)C)C1[CH-]CCC1.CC(C)P(C(C)C)C1[CH-]CCC1.[Fe+2]. The molecule has 0 nitrogen and oxygen atoms in total. The van der Waals surface area contributed by atoms with Crippen LogP contribution in [0.4, 0.5) is 0 Å². The molecular weight excluding hydrogens is 382 g/mol. The fourth-order valence-corrected chi connectivity index (χ4v) is 12.0. The van der Waals surface area contributed by atoms with Crippen molar-refractivity contribution < 1.29 is 17.1 Å². The zero-order chi connectivity index (χ0) is 18.3. The monoisotopic (exact) mass is 426 g/mol. The zero-order valence-electron chi connectivity index (χ0n) is 18.1. The van der Waals surface area contributed by atoms with Crippen molar-refractivity contribution in [3.63, 3.8) is 0 Å². The molecule has 2 saturated carbocycles. The minimum absolute atomic E-state index is 0. The van der Waals surface area contributed by atoms with Gasteiger partial charge in [-0.25, -0.2) is 0 Å². The Bertz CT molecular complexity index is 268. The van der Waals surface area contributed by atoms with Crippen molar-refractivity contribution in [2.45, 2.75) is 128 Å². The summed E-state index contributed by atoms with van der Waals surface area (Å²) in [4.78, 5) is 0. The summed E-state index contributed by atoms with van der Waals surface area (Å²) in [7, 11) is 0.529. The minimum Gasteiger partial charge on any atom is -0.321 e. The van der Waals surface area contributed by atoms with Crippen LogP contribution in [0.5, 0.6) is 0 Å². The Morgan fingerprint density at radius 2 is 0.880 bits per heavy atom. The average Bonchev–Trinajstić information content (AvgIpc) is 3.11. The van der Waals surface area contributed by atoms with Crippen LogP contribution in [0.3, 0.4) is 0 Å². The predicted octanol–water partition coefficient (Wildman–Crippen LogP) is 8.08. The summed E-state index contributed by atoms with van der Waals surface area (Å²) >= 11 is 0. The minimum atomic E-state index is 0. The van der Waals surface area contributed by atoms with Gasteiger partial charge in [-0.15, -0.1) is 27.2 Å². The van der Waals surface area contributed by atoms with Crippen molar-refractivity contribution in [2.75, 3.05) is 0 Å². The average molecular weight is 426 g/mol. The quantitative estimate of drug-likeness (QED) is 0.229. The Kier molecular flexibility index (Phi) is 14.3. The zero-order valence-corrected chi connectivity index (χ0v) is 21.0. The van der Waals surface area contributed by atoms with E-state index in [2.05, 4.69) is 68.2 Å². The van der Waals surface area contributed by atoms with Crippen molar-refractivity contribution in [1.82, 2.24) is 0 Å². The topological polar surface area (TPSA) is 0 Å². The molecule has 0 amide bonds. The van der Waals surface area contributed by atoms with Crippen LogP contribution in [0.2, 0.25) is 0 Å². The van der Waals surface area contributed by atoms with Crippen LogP contribution in [0.1, 0.15) is 93.9 Å². The molecule has 0 aliphatic heterocycles. The van der Waals surface area contributed by atoms with Gasteiger partial charge in [-0.1, -0.05) is 81.1 Å². The number of hydrogen-bond donors (Lipinski definition) is 0. The van der Waals surface area contributed by atoms with E-state index in [0.717, 1.165) is 34.0 Å². The first-order chi connectivity index (χ1) is 11.3. The maximum absolute atomic E-state index is 2.59. The molecule has 0 aromatic heterocycles. The standard InChI is InChI=1S/2C11H22P.Fe/c2*1-9(2)12(10(3)4)11-7-5-6-8-11;/h2*7,9-11H,5-6,8H2,1-4H3;/q2*-1;+2. The summed E-state index contributed by atoms with van der Waals surface area (Å²) in [6.45, 7) is 19.2. The van der Waals surface area contributed by atoms with Crippen LogP contribution in [0.15, 0.2) is 0 Å². The van der Waals surface area contributed by atoms with Crippen LogP contribution in [-0.4, -0.2) is 34.0 Å². The maximum atomic E-state index is 2.59. The molecule has 0 aromatic rings. The second kappa shape index (κ2) is 13.5. The van der Waals surface area contributed by atoms with E-state index < -0.39 is 0 Å².